The average molecular weight is 530 g/mol. The zero-order chi connectivity index (χ0) is 28.0. The number of nitrogens with one attached hydrogen (secondary N) is 3. The summed E-state index contributed by atoms with van der Waals surface area (Å²) in [6.07, 6.45) is 2.22. The number of aromatic amines is 1. The summed E-state index contributed by atoms with van der Waals surface area (Å²) in [7, 11) is 0. The maximum absolute atomic E-state index is 13.2. The molecule has 4 unspecified atom stereocenters. The largest absolute Gasteiger partial charge is 0.481 e. The number of aliphatic carboxylic acids is 2. The van der Waals surface area contributed by atoms with Crippen LogP contribution >= 0.6 is 0 Å². The number of rotatable bonds is 12. The number of aromatic nitrogens is 1. The van der Waals surface area contributed by atoms with Gasteiger partial charge in [0, 0.05) is 23.6 Å². The van der Waals surface area contributed by atoms with Crippen LogP contribution in [0.25, 0.3) is 10.9 Å². The van der Waals surface area contributed by atoms with E-state index in [9.17, 15) is 34.2 Å². The molecule has 1 aliphatic rings. The number of likely N-dealkylation sites (tertiary alicyclic amines) is 1. The molecule has 2 heterocycles. The minimum Gasteiger partial charge on any atom is -0.481 e. The number of amides is 3. The number of hydrogen-bond acceptors (Lipinski definition) is 6. The van der Waals surface area contributed by atoms with Crippen molar-refractivity contribution in [1.29, 1.82) is 0 Å². The fourth-order valence-electron chi connectivity index (χ4n) is 4.75. The van der Waals surface area contributed by atoms with Crippen molar-refractivity contribution in [2.45, 2.75) is 70.1 Å². The molecule has 1 aromatic heterocycles. The summed E-state index contributed by atoms with van der Waals surface area (Å²) in [5, 5.41) is 24.7. The number of carbonyl (C=O) groups excluding carboxylic acids is 3. The number of carbonyl (C=O) groups is 5. The minimum atomic E-state index is -1.48. The summed E-state index contributed by atoms with van der Waals surface area (Å²) in [6.45, 7) is 3.93. The lowest BCUT2D eigenvalue weighted by molar-refractivity contribution is -0.150. The lowest BCUT2D eigenvalue weighted by Gasteiger charge is -2.29. The van der Waals surface area contributed by atoms with E-state index in [0.29, 0.717) is 12.8 Å². The van der Waals surface area contributed by atoms with Gasteiger partial charge in [0.15, 0.2) is 0 Å². The molecule has 1 fully saturated rings. The lowest BCUT2D eigenvalue weighted by atomic mass is 10.0. The number of para-hydroxylation sites is 1. The number of carboxylic acid groups (broad SMARTS) is 2. The van der Waals surface area contributed by atoms with E-state index in [1.807, 2.05) is 38.1 Å². The smallest absolute Gasteiger partial charge is 0.326 e. The van der Waals surface area contributed by atoms with Crippen LogP contribution in [-0.4, -0.2) is 80.5 Å². The van der Waals surface area contributed by atoms with Crippen LogP contribution in [-0.2, 0) is 30.4 Å². The van der Waals surface area contributed by atoms with Gasteiger partial charge in [-0.3, -0.25) is 19.2 Å². The number of nitrogens with two attached hydrogens (primary N) is 1. The van der Waals surface area contributed by atoms with Crippen molar-refractivity contribution in [3.63, 3.8) is 0 Å². The molecule has 38 heavy (non-hydrogen) atoms. The predicted molar refractivity (Wildman–Crippen MR) is 138 cm³/mol. The third-order valence-electron chi connectivity index (χ3n) is 6.61. The molecular formula is C26H35N5O7. The van der Waals surface area contributed by atoms with Gasteiger partial charge in [-0.2, -0.15) is 0 Å². The minimum absolute atomic E-state index is 0.0350. The Bertz CT molecular complexity index is 1190. The van der Waals surface area contributed by atoms with Gasteiger partial charge in [0.25, 0.3) is 0 Å². The van der Waals surface area contributed by atoms with Crippen molar-refractivity contribution in [3.05, 3.63) is 36.0 Å². The molecule has 1 aliphatic heterocycles. The second kappa shape index (κ2) is 12.5. The summed E-state index contributed by atoms with van der Waals surface area (Å²) in [4.78, 5) is 66.6. The van der Waals surface area contributed by atoms with Crippen LogP contribution in [0.2, 0.25) is 0 Å². The third kappa shape index (κ3) is 7.09. The SMILES string of the molecule is CC(C)CC(NC(=O)C(CC(=O)O)NC(=O)C(N)Cc1c[nH]c2ccccc12)C(=O)N1CCCC1C(=O)O. The molecule has 12 nitrogen and oxygen atoms in total. The van der Waals surface area contributed by atoms with Gasteiger partial charge in [0.1, 0.15) is 18.1 Å². The van der Waals surface area contributed by atoms with Gasteiger partial charge in [-0.25, -0.2) is 4.79 Å². The Kier molecular flexibility index (Phi) is 9.45. The zero-order valence-electron chi connectivity index (χ0n) is 21.5. The Hall–Kier alpha value is -3.93. The molecule has 2 aromatic rings. The van der Waals surface area contributed by atoms with Gasteiger partial charge in [0.2, 0.25) is 17.7 Å². The first-order valence-corrected chi connectivity index (χ1v) is 12.6. The standard InChI is InChI=1S/C26H35N5O7/c1-14(2)10-20(25(36)31-9-5-8-21(31)26(37)38)30-24(35)19(12-22(32)33)29-23(34)17(27)11-15-13-28-18-7-4-3-6-16(15)18/h3-4,6-7,13-14,17,19-21,28H,5,8-12,27H2,1-2H3,(H,29,34)(H,30,35)(H,32,33)(H,37,38). The number of fused-ring (bicyclic) bond motifs is 1. The summed E-state index contributed by atoms with van der Waals surface area (Å²) in [5.74, 6) is -4.60. The van der Waals surface area contributed by atoms with Crippen molar-refractivity contribution in [2.75, 3.05) is 6.54 Å². The topological polar surface area (TPSA) is 195 Å². The van der Waals surface area contributed by atoms with Gasteiger partial charge in [-0.05, 0) is 43.2 Å². The molecule has 1 aromatic carbocycles. The number of benzene rings is 1. The Morgan fingerprint density at radius 3 is 2.42 bits per heavy atom. The molecule has 7 N–H and O–H groups in total. The zero-order valence-corrected chi connectivity index (χ0v) is 21.5. The van der Waals surface area contributed by atoms with Crippen molar-refractivity contribution in [3.8, 4) is 0 Å². The first-order chi connectivity index (χ1) is 18.0. The third-order valence-corrected chi connectivity index (χ3v) is 6.61. The molecular weight excluding hydrogens is 494 g/mol. The normalized spacial score (nSPS) is 17.7. The van der Waals surface area contributed by atoms with E-state index < -0.39 is 60.2 Å². The molecule has 3 rings (SSSR count). The second-order valence-electron chi connectivity index (χ2n) is 10.0. The summed E-state index contributed by atoms with van der Waals surface area (Å²) in [6, 6.07) is 2.89. The average Bonchev–Trinajstić information content (AvgIpc) is 3.50. The van der Waals surface area contributed by atoms with Gasteiger partial charge < -0.3 is 36.5 Å². The molecule has 0 saturated carbocycles. The Balaban J connectivity index is 1.71. The maximum Gasteiger partial charge on any atom is 0.326 e. The van der Waals surface area contributed by atoms with E-state index >= 15 is 0 Å². The van der Waals surface area contributed by atoms with Crippen LogP contribution in [0.15, 0.2) is 30.5 Å². The first-order valence-electron chi connectivity index (χ1n) is 12.6. The number of hydrogen-bond donors (Lipinski definition) is 6. The van der Waals surface area contributed by atoms with Crippen LogP contribution in [0.5, 0.6) is 0 Å². The van der Waals surface area contributed by atoms with Crippen LogP contribution in [0.3, 0.4) is 0 Å². The summed E-state index contributed by atoms with van der Waals surface area (Å²) >= 11 is 0. The van der Waals surface area contributed by atoms with Crippen LogP contribution in [0, 0.1) is 5.92 Å². The molecule has 1 saturated heterocycles. The van der Waals surface area contributed by atoms with E-state index in [1.165, 1.54) is 4.90 Å². The van der Waals surface area contributed by atoms with Crippen molar-refractivity contribution >= 4 is 40.6 Å². The maximum atomic E-state index is 13.2. The van der Waals surface area contributed by atoms with E-state index in [-0.39, 0.29) is 25.3 Å². The van der Waals surface area contributed by atoms with Crippen LogP contribution in [0.1, 0.15) is 45.1 Å². The van der Waals surface area contributed by atoms with Crippen LogP contribution < -0.4 is 16.4 Å². The molecule has 0 aliphatic carbocycles. The molecule has 3 amide bonds. The molecule has 0 spiro atoms. The van der Waals surface area contributed by atoms with E-state index in [0.717, 1.165) is 16.5 Å². The molecule has 0 bridgehead atoms. The fourth-order valence-corrected chi connectivity index (χ4v) is 4.75. The van der Waals surface area contributed by atoms with Gasteiger partial charge in [-0.1, -0.05) is 32.0 Å². The van der Waals surface area contributed by atoms with E-state index in [2.05, 4.69) is 15.6 Å². The highest BCUT2D eigenvalue weighted by molar-refractivity contribution is 5.96. The van der Waals surface area contributed by atoms with E-state index in [4.69, 9.17) is 5.73 Å². The quantitative estimate of drug-likeness (QED) is 0.230. The Labute approximate surface area is 219 Å². The van der Waals surface area contributed by atoms with Crippen molar-refractivity contribution in [2.24, 2.45) is 11.7 Å². The van der Waals surface area contributed by atoms with Crippen molar-refractivity contribution in [1.82, 2.24) is 20.5 Å². The highest BCUT2D eigenvalue weighted by atomic mass is 16.4. The second-order valence-corrected chi connectivity index (χ2v) is 10.0. The highest BCUT2D eigenvalue weighted by Crippen LogP contribution is 2.21. The van der Waals surface area contributed by atoms with Crippen LogP contribution in [0.4, 0.5) is 0 Å². The lowest BCUT2D eigenvalue weighted by Crippen LogP contribution is -2.57. The number of H-pyrrole nitrogens is 1. The molecule has 4 atom stereocenters. The Morgan fingerprint density at radius 1 is 1.08 bits per heavy atom. The van der Waals surface area contributed by atoms with E-state index in [1.54, 1.807) is 6.20 Å². The predicted octanol–water partition coefficient (Wildman–Crippen LogP) is 0.604. The summed E-state index contributed by atoms with van der Waals surface area (Å²) in [5.41, 5.74) is 7.77. The van der Waals surface area contributed by atoms with Gasteiger partial charge in [-0.15, -0.1) is 0 Å². The Morgan fingerprint density at radius 2 is 1.76 bits per heavy atom. The number of nitrogens with zero attached hydrogens (tertiary/aromatic N) is 1. The fraction of sp³-hybridized carbons (Fsp3) is 0.500. The first kappa shape index (κ1) is 28.6. The van der Waals surface area contributed by atoms with Gasteiger partial charge >= 0.3 is 11.9 Å². The highest BCUT2D eigenvalue weighted by Gasteiger charge is 2.38. The molecule has 0 radical (unpaired) electrons. The molecule has 206 valence electrons. The van der Waals surface area contributed by atoms with Gasteiger partial charge in [0.05, 0.1) is 12.5 Å². The van der Waals surface area contributed by atoms with Crippen molar-refractivity contribution < 1.29 is 34.2 Å². The molecule has 12 heteroatoms. The monoisotopic (exact) mass is 529 g/mol. The number of carboxylic acids is 2. The summed E-state index contributed by atoms with van der Waals surface area (Å²) < 4.78 is 0.